The lowest BCUT2D eigenvalue weighted by Gasteiger charge is -2.22. The van der Waals surface area contributed by atoms with Crippen molar-refractivity contribution in [1.82, 2.24) is 4.72 Å². The van der Waals surface area contributed by atoms with E-state index in [0.717, 1.165) is 12.8 Å². The first kappa shape index (κ1) is 15.4. The second-order valence-electron chi connectivity index (χ2n) is 5.40. The summed E-state index contributed by atoms with van der Waals surface area (Å²) in [6, 6.07) is 5.34. The highest BCUT2D eigenvalue weighted by Crippen LogP contribution is 2.37. The molecule has 1 aromatic carbocycles. The van der Waals surface area contributed by atoms with Gasteiger partial charge in [-0.1, -0.05) is 19.8 Å². The van der Waals surface area contributed by atoms with Crippen LogP contribution in [0.15, 0.2) is 34.2 Å². The lowest BCUT2D eigenvalue weighted by atomic mass is 9.88. The lowest BCUT2D eigenvalue weighted by molar-refractivity contribution is -0.127. The number of benzene rings is 1. The lowest BCUT2D eigenvalue weighted by Crippen LogP contribution is -2.40. The molecule has 0 bridgehead atoms. The van der Waals surface area contributed by atoms with Crippen LogP contribution in [0.2, 0.25) is 0 Å². The third-order valence-electron chi connectivity index (χ3n) is 3.80. The number of nitrogens with one attached hydrogen (secondary N) is 1. The van der Waals surface area contributed by atoms with Gasteiger partial charge >= 0.3 is 0 Å². The summed E-state index contributed by atoms with van der Waals surface area (Å²) in [5.41, 5.74) is -0.313. The fourth-order valence-electron chi connectivity index (χ4n) is 2.44. The molecular weight excluding hydrogens is 292 g/mol. The summed E-state index contributed by atoms with van der Waals surface area (Å²) in [6.45, 7) is 1.78. The molecule has 21 heavy (non-hydrogen) atoms. The van der Waals surface area contributed by atoms with E-state index in [1.807, 2.05) is 0 Å². The van der Waals surface area contributed by atoms with Crippen LogP contribution in [-0.2, 0) is 19.6 Å². The van der Waals surface area contributed by atoms with Crippen LogP contribution in [0.4, 0.5) is 5.69 Å². The van der Waals surface area contributed by atoms with Crippen LogP contribution in [0.1, 0.15) is 32.6 Å². The van der Waals surface area contributed by atoms with Gasteiger partial charge < -0.3 is 0 Å². The van der Waals surface area contributed by atoms with Gasteiger partial charge in [0.2, 0.25) is 12.0 Å². The monoisotopic (exact) mass is 308 g/mol. The molecule has 1 aliphatic carbocycles. The molecule has 7 heteroatoms. The van der Waals surface area contributed by atoms with Crippen molar-refractivity contribution in [3.8, 4) is 0 Å². The summed E-state index contributed by atoms with van der Waals surface area (Å²) in [5, 5.41) is 0. The number of hydrogen-bond donors (Lipinski definition) is 1. The van der Waals surface area contributed by atoms with Gasteiger partial charge in [0.25, 0.3) is 10.0 Å². The molecule has 112 valence electrons. The van der Waals surface area contributed by atoms with Gasteiger partial charge in [-0.25, -0.2) is 17.9 Å². The molecule has 0 spiro atoms. The summed E-state index contributed by atoms with van der Waals surface area (Å²) in [6.07, 6.45) is 4.63. The van der Waals surface area contributed by atoms with Gasteiger partial charge in [0.05, 0.1) is 10.6 Å². The third kappa shape index (κ3) is 3.37. The minimum absolute atomic E-state index is 0.0395. The van der Waals surface area contributed by atoms with Crippen molar-refractivity contribution in [2.75, 3.05) is 0 Å². The van der Waals surface area contributed by atoms with Crippen molar-refractivity contribution < 1.29 is 18.0 Å². The highest BCUT2D eigenvalue weighted by molar-refractivity contribution is 7.90. The zero-order valence-corrected chi connectivity index (χ0v) is 12.4. The van der Waals surface area contributed by atoms with E-state index in [1.165, 1.54) is 30.3 Å². The molecule has 0 atom stereocenters. The van der Waals surface area contributed by atoms with Crippen LogP contribution in [0.3, 0.4) is 0 Å². The predicted molar refractivity (Wildman–Crippen MR) is 76.1 cm³/mol. The van der Waals surface area contributed by atoms with Gasteiger partial charge in [-0.3, -0.25) is 4.79 Å². The number of carbonyl (C=O) groups excluding carboxylic acids is 2. The standard InChI is InChI=1S/C14H16N2O4S/c1-14(8-2-3-9-14)13(18)16-21(19,20)12-6-4-11(5-7-12)15-10-17/h4-7H,2-3,8-9H2,1H3,(H,16,18). The first-order valence-electron chi connectivity index (χ1n) is 6.63. The number of sulfonamides is 1. The minimum Gasteiger partial charge on any atom is -0.273 e. The fraction of sp³-hybridized carbons (Fsp3) is 0.429. The van der Waals surface area contributed by atoms with Crippen molar-refractivity contribution in [2.24, 2.45) is 10.4 Å². The summed E-state index contributed by atoms with van der Waals surface area (Å²) in [7, 11) is -3.91. The number of hydrogen-bond acceptors (Lipinski definition) is 5. The molecule has 0 heterocycles. The molecule has 1 amide bonds. The van der Waals surface area contributed by atoms with Gasteiger partial charge in [-0.2, -0.15) is 4.99 Å². The zero-order valence-electron chi connectivity index (χ0n) is 11.6. The highest BCUT2D eigenvalue weighted by Gasteiger charge is 2.38. The van der Waals surface area contributed by atoms with Crippen LogP contribution in [-0.4, -0.2) is 20.4 Å². The Morgan fingerprint density at radius 2 is 1.81 bits per heavy atom. The van der Waals surface area contributed by atoms with Crippen LogP contribution in [0.25, 0.3) is 0 Å². The Bertz CT molecular complexity index is 682. The van der Waals surface area contributed by atoms with Crippen molar-refractivity contribution >= 4 is 27.7 Å². The molecule has 1 saturated carbocycles. The quantitative estimate of drug-likeness (QED) is 0.680. The van der Waals surface area contributed by atoms with E-state index in [-0.39, 0.29) is 4.90 Å². The summed E-state index contributed by atoms with van der Waals surface area (Å²) in [4.78, 5) is 25.6. The molecule has 2 rings (SSSR count). The normalized spacial score (nSPS) is 17.0. The molecule has 1 aromatic rings. The zero-order chi connectivity index (χ0) is 15.5. The maximum absolute atomic E-state index is 12.2. The summed E-state index contributed by atoms with van der Waals surface area (Å²) in [5.74, 6) is -0.463. The first-order valence-corrected chi connectivity index (χ1v) is 8.11. The molecule has 1 N–H and O–H groups in total. The average Bonchev–Trinajstić information content (AvgIpc) is 2.88. The molecule has 0 radical (unpaired) electrons. The number of aliphatic imine (C=N–C) groups is 1. The largest absolute Gasteiger partial charge is 0.273 e. The number of isocyanates is 1. The molecule has 1 fully saturated rings. The number of nitrogens with zero attached hydrogens (tertiary/aromatic N) is 1. The predicted octanol–water partition coefficient (Wildman–Crippen LogP) is 2.04. The second kappa shape index (κ2) is 5.79. The van der Waals surface area contributed by atoms with Gasteiger partial charge in [0.1, 0.15) is 0 Å². The number of rotatable bonds is 4. The Morgan fingerprint density at radius 3 is 2.33 bits per heavy atom. The van der Waals surface area contributed by atoms with Crippen LogP contribution < -0.4 is 4.72 Å². The molecule has 6 nitrogen and oxygen atoms in total. The fourth-order valence-corrected chi connectivity index (χ4v) is 3.54. The van der Waals surface area contributed by atoms with E-state index in [9.17, 15) is 18.0 Å². The van der Waals surface area contributed by atoms with Crippen LogP contribution in [0, 0.1) is 5.41 Å². The van der Waals surface area contributed by atoms with E-state index in [0.29, 0.717) is 18.5 Å². The van der Waals surface area contributed by atoms with Gasteiger partial charge in [-0.15, -0.1) is 0 Å². The molecule has 0 aromatic heterocycles. The molecular formula is C14H16N2O4S. The van der Waals surface area contributed by atoms with Crippen molar-refractivity contribution in [3.05, 3.63) is 24.3 Å². The van der Waals surface area contributed by atoms with Crippen molar-refractivity contribution in [2.45, 2.75) is 37.5 Å². The first-order chi connectivity index (χ1) is 9.87. The molecule has 0 unspecified atom stereocenters. The summed E-state index contributed by atoms with van der Waals surface area (Å²) >= 11 is 0. The van der Waals surface area contributed by atoms with Crippen molar-refractivity contribution in [1.29, 1.82) is 0 Å². The Hall–Kier alpha value is -1.98. The van der Waals surface area contributed by atoms with Crippen LogP contribution in [0.5, 0.6) is 0 Å². The SMILES string of the molecule is CC1(C(=O)NS(=O)(=O)c2ccc(N=C=O)cc2)CCCC1. The van der Waals surface area contributed by atoms with Crippen molar-refractivity contribution in [3.63, 3.8) is 0 Å². The van der Waals surface area contributed by atoms with E-state index in [2.05, 4.69) is 9.71 Å². The maximum atomic E-state index is 12.2. The second-order valence-corrected chi connectivity index (χ2v) is 7.08. The van der Waals surface area contributed by atoms with Crippen LogP contribution >= 0.6 is 0 Å². The van der Waals surface area contributed by atoms with Gasteiger partial charge in [0.15, 0.2) is 0 Å². The van der Waals surface area contributed by atoms with E-state index in [4.69, 9.17) is 0 Å². The molecule has 0 saturated heterocycles. The average molecular weight is 308 g/mol. The molecule has 0 aliphatic heterocycles. The number of carbonyl (C=O) groups is 1. The van der Waals surface area contributed by atoms with Gasteiger partial charge in [-0.05, 0) is 37.1 Å². The Morgan fingerprint density at radius 1 is 1.24 bits per heavy atom. The van der Waals surface area contributed by atoms with E-state index >= 15 is 0 Å². The van der Waals surface area contributed by atoms with E-state index < -0.39 is 21.3 Å². The highest BCUT2D eigenvalue weighted by atomic mass is 32.2. The Labute approximate surface area is 123 Å². The number of amides is 1. The molecule has 1 aliphatic rings. The van der Waals surface area contributed by atoms with E-state index in [1.54, 1.807) is 6.92 Å². The minimum atomic E-state index is -3.91. The maximum Gasteiger partial charge on any atom is 0.264 e. The summed E-state index contributed by atoms with van der Waals surface area (Å²) < 4.78 is 26.5. The van der Waals surface area contributed by atoms with Gasteiger partial charge in [0, 0.05) is 5.41 Å². The smallest absolute Gasteiger partial charge is 0.264 e. The topological polar surface area (TPSA) is 92.7 Å². The Kier molecular flexibility index (Phi) is 4.25. The Balaban J connectivity index is 2.18. The third-order valence-corrected chi connectivity index (χ3v) is 5.15.